The van der Waals surface area contributed by atoms with Crippen molar-refractivity contribution in [3.8, 4) is 22.0 Å². The van der Waals surface area contributed by atoms with E-state index in [4.69, 9.17) is 9.15 Å². The average molecular weight is 423 g/mol. The summed E-state index contributed by atoms with van der Waals surface area (Å²) in [7, 11) is 0. The normalized spacial score (nSPS) is 12.0. The molecule has 0 saturated carbocycles. The van der Waals surface area contributed by atoms with Crippen LogP contribution in [0.25, 0.3) is 22.0 Å². The zero-order chi connectivity index (χ0) is 21.1. The molecule has 30 heavy (non-hydrogen) atoms. The van der Waals surface area contributed by atoms with Gasteiger partial charge in [0, 0.05) is 16.5 Å². The third-order valence-electron chi connectivity index (χ3n) is 4.34. The lowest BCUT2D eigenvalue weighted by Crippen LogP contribution is -2.12. The van der Waals surface area contributed by atoms with Crippen molar-refractivity contribution in [3.05, 3.63) is 76.9 Å². The second-order valence-electron chi connectivity index (χ2n) is 6.77. The van der Waals surface area contributed by atoms with Crippen LogP contribution in [0.2, 0.25) is 0 Å². The summed E-state index contributed by atoms with van der Waals surface area (Å²) >= 11 is 1.34. The number of nitrogens with zero attached hydrogens (tertiary/aromatic N) is 3. The van der Waals surface area contributed by atoms with Gasteiger partial charge in [-0.25, -0.2) is 9.37 Å². The Morgan fingerprint density at radius 3 is 2.73 bits per heavy atom. The molecule has 0 aliphatic carbocycles. The lowest BCUT2D eigenvalue weighted by Gasteiger charge is -2.08. The molecule has 0 radical (unpaired) electrons. The highest BCUT2D eigenvalue weighted by molar-refractivity contribution is 7.13. The Hall–Kier alpha value is -3.39. The molecule has 0 aliphatic rings. The summed E-state index contributed by atoms with van der Waals surface area (Å²) in [6, 6.07) is 13.9. The smallest absolute Gasteiger partial charge is 0.312 e. The SMILES string of the molecule is Cc1ccc(-c2nnc([C@@H](C)OC(=O)Cc3csc(-c4cccc(F)c4)n3)o2)cc1. The summed E-state index contributed by atoms with van der Waals surface area (Å²) < 4.78 is 24.4. The van der Waals surface area contributed by atoms with E-state index >= 15 is 0 Å². The Kier molecular flexibility index (Phi) is 5.67. The highest BCUT2D eigenvalue weighted by Gasteiger charge is 2.20. The van der Waals surface area contributed by atoms with Crippen LogP contribution in [-0.2, 0) is 16.0 Å². The van der Waals surface area contributed by atoms with Crippen LogP contribution >= 0.6 is 11.3 Å². The number of carbonyl (C=O) groups excluding carboxylic acids is 1. The third kappa shape index (κ3) is 4.60. The first-order chi connectivity index (χ1) is 14.5. The molecular formula is C22H18FN3O3S. The molecule has 0 saturated heterocycles. The average Bonchev–Trinajstić information content (AvgIpc) is 3.38. The Labute approximate surface area is 176 Å². The Balaban J connectivity index is 1.38. The van der Waals surface area contributed by atoms with Crippen molar-refractivity contribution in [3.63, 3.8) is 0 Å². The monoisotopic (exact) mass is 423 g/mol. The molecule has 0 amide bonds. The van der Waals surface area contributed by atoms with E-state index in [1.54, 1.807) is 24.4 Å². The zero-order valence-electron chi connectivity index (χ0n) is 16.3. The van der Waals surface area contributed by atoms with Gasteiger partial charge in [-0.1, -0.05) is 29.8 Å². The number of aryl methyl sites for hydroxylation is 1. The molecule has 6 nitrogen and oxygen atoms in total. The molecular weight excluding hydrogens is 405 g/mol. The van der Waals surface area contributed by atoms with Crippen molar-refractivity contribution in [1.29, 1.82) is 0 Å². The molecule has 2 aromatic carbocycles. The van der Waals surface area contributed by atoms with Gasteiger partial charge in [-0.3, -0.25) is 4.79 Å². The fourth-order valence-electron chi connectivity index (χ4n) is 2.79. The molecule has 0 unspecified atom stereocenters. The number of hydrogen-bond donors (Lipinski definition) is 0. The molecule has 0 N–H and O–H groups in total. The van der Waals surface area contributed by atoms with Crippen LogP contribution in [0.4, 0.5) is 4.39 Å². The maximum Gasteiger partial charge on any atom is 0.312 e. The van der Waals surface area contributed by atoms with Crippen LogP contribution in [0.5, 0.6) is 0 Å². The number of esters is 1. The second-order valence-corrected chi connectivity index (χ2v) is 7.63. The minimum atomic E-state index is -0.689. The van der Waals surface area contributed by atoms with Crippen LogP contribution in [0, 0.1) is 12.7 Å². The highest BCUT2D eigenvalue weighted by Crippen LogP contribution is 2.26. The van der Waals surface area contributed by atoms with Crippen molar-refractivity contribution in [2.75, 3.05) is 0 Å². The number of carbonyl (C=O) groups is 1. The summed E-state index contributed by atoms with van der Waals surface area (Å²) in [5.41, 5.74) is 3.15. The summed E-state index contributed by atoms with van der Waals surface area (Å²) in [6.45, 7) is 3.66. The van der Waals surface area contributed by atoms with E-state index in [1.807, 2.05) is 31.2 Å². The molecule has 152 valence electrons. The van der Waals surface area contributed by atoms with E-state index in [0.29, 0.717) is 22.2 Å². The van der Waals surface area contributed by atoms with Gasteiger partial charge in [-0.05, 0) is 38.1 Å². The van der Waals surface area contributed by atoms with Crippen molar-refractivity contribution in [2.24, 2.45) is 0 Å². The maximum absolute atomic E-state index is 13.4. The third-order valence-corrected chi connectivity index (χ3v) is 5.28. The minimum absolute atomic E-state index is 0.00485. The van der Waals surface area contributed by atoms with E-state index in [0.717, 1.165) is 11.1 Å². The van der Waals surface area contributed by atoms with E-state index < -0.39 is 12.1 Å². The first-order valence-corrected chi connectivity index (χ1v) is 10.2. The summed E-state index contributed by atoms with van der Waals surface area (Å²) in [5.74, 6) is -0.208. The van der Waals surface area contributed by atoms with Gasteiger partial charge in [0.2, 0.25) is 5.89 Å². The molecule has 2 aromatic heterocycles. The molecule has 1 atom stereocenters. The van der Waals surface area contributed by atoms with Gasteiger partial charge in [0.15, 0.2) is 6.10 Å². The number of rotatable bonds is 6. The van der Waals surface area contributed by atoms with Crippen LogP contribution in [-0.4, -0.2) is 21.2 Å². The fraction of sp³-hybridized carbons (Fsp3) is 0.182. The lowest BCUT2D eigenvalue weighted by molar-refractivity contribution is -0.148. The molecule has 0 aliphatic heterocycles. The zero-order valence-corrected chi connectivity index (χ0v) is 17.1. The molecule has 8 heteroatoms. The van der Waals surface area contributed by atoms with Crippen LogP contribution < -0.4 is 0 Å². The lowest BCUT2D eigenvalue weighted by atomic mass is 10.1. The maximum atomic E-state index is 13.4. The van der Waals surface area contributed by atoms with Gasteiger partial charge in [0.1, 0.15) is 10.8 Å². The topological polar surface area (TPSA) is 78.1 Å². The molecule has 0 bridgehead atoms. The fourth-order valence-corrected chi connectivity index (χ4v) is 3.61. The van der Waals surface area contributed by atoms with Crippen LogP contribution in [0.1, 0.15) is 30.2 Å². The molecule has 4 rings (SSSR count). The largest absolute Gasteiger partial charge is 0.452 e. The van der Waals surface area contributed by atoms with Gasteiger partial charge in [-0.15, -0.1) is 21.5 Å². The number of benzene rings is 2. The number of hydrogen-bond acceptors (Lipinski definition) is 7. The van der Waals surface area contributed by atoms with Gasteiger partial charge in [0.05, 0.1) is 12.1 Å². The number of aromatic nitrogens is 3. The first-order valence-electron chi connectivity index (χ1n) is 9.28. The molecule has 4 aromatic rings. The number of thiazole rings is 1. The first kappa shape index (κ1) is 19.9. The van der Waals surface area contributed by atoms with Gasteiger partial charge in [-0.2, -0.15) is 0 Å². The van der Waals surface area contributed by atoms with Gasteiger partial charge < -0.3 is 9.15 Å². The van der Waals surface area contributed by atoms with Crippen molar-refractivity contribution >= 4 is 17.3 Å². The van der Waals surface area contributed by atoms with Gasteiger partial charge in [0.25, 0.3) is 5.89 Å². The second kappa shape index (κ2) is 8.54. The number of halogens is 1. The van der Waals surface area contributed by atoms with Crippen LogP contribution in [0.3, 0.4) is 0 Å². The summed E-state index contributed by atoms with van der Waals surface area (Å²) in [4.78, 5) is 16.7. The van der Waals surface area contributed by atoms with Crippen molar-refractivity contribution < 1.29 is 18.3 Å². The molecule has 0 spiro atoms. The van der Waals surface area contributed by atoms with E-state index in [2.05, 4.69) is 15.2 Å². The predicted molar refractivity (Wildman–Crippen MR) is 110 cm³/mol. The molecule has 0 fully saturated rings. The standard InChI is InChI=1S/C22H18FN3O3S/c1-13-6-8-15(9-7-13)21-26-25-20(29-21)14(2)28-19(27)11-18-12-30-22(24-18)16-4-3-5-17(23)10-16/h3-10,12,14H,11H2,1-2H3/t14-/m1/s1. The van der Waals surface area contributed by atoms with E-state index in [-0.39, 0.29) is 18.1 Å². The molecule has 2 heterocycles. The van der Waals surface area contributed by atoms with Crippen molar-refractivity contribution in [2.45, 2.75) is 26.4 Å². The Morgan fingerprint density at radius 1 is 1.17 bits per heavy atom. The predicted octanol–water partition coefficient (Wildman–Crippen LogP) is 5.15. The summed E-state index contributed by atoms with van der Waals surface area (Å²) in [5, 5.41) is 10.4. The van der Waals surface area contributed by atoms with E-state index in [9.17, 15) is 9.18 Å². The Morgan fingerprint density at radius 2 is 1.97 bits per heavy atom. The van der Waals surface area contributed by atoms with E-state index in [1.165, 1.54) is 23.5 Å². The Bertz CT molecular complexity index is 1170. The number of ether oxygens (including phenoxy) is 1. The van der Waals surface area contributed by atoms with Gasteiger partial charge >= 0.3 is 5.97 Å². The minimum Gasteiger partial charge on any atom is -0.452 e. The highest BCUT2D eigenvalue weighted by atomic mass is 32.1. The van der Waals surface area contributed by atoms with Crippen molar-refractivity contribution in [1.82, 2.24) is 15.2 Å². The quantitative estimate of drug-likeness (QED) is 0.399. The summed E-state index contributed by atoms with van der Waals surface area (Å²) in [6.07, 6.45) is -0.694. The van der Waals surface area contributed by atoms with Crippen LogP contribution in [0.15, 0.2) is 58.3 Å².